The Bertz CT molecular complexity index is 432. The lowest BCUT2D eigenvalue weighted by atomic mass is 10.0. The van der Waals surface area contributed by atoms with Gasteiger partial charge in [-0.3, -0.25) is 4.90 Å². The van der Waals surface area contributed by atoms with Gasteiger partial charge in [0.25, 0.3) is 0 Å². The lowest BCUT2D eigenvalue weighted by molar-refractivity contribution is 0.149. The van der Waals surface area contributed by atoms with Crippen molar-refractivity contribution < 1.29 is 0 Å². The predicted octanol–water partition coefficient (Wildman–Crippen LogP) is 4.22. The molecular weight excluding hydrogens is 324 g/mol. The van der Waals surface area contributed by atoms with Crippen LogP contribution in [0, 0.1) is 5.92 Å². The van der Waals surface area contributed by atoms with Gasteiger partial charge in [0.15, 0.2) is 0 Å². The molecule has 2 rings (SSSR count). The smallest absolute Gasteiger partial charge is 0.0484 e. The second kappa shape index (κ2) is 6.57. The van der Waals surface area contributed by atoms with E-state index in [2.05, 4.69) is 34.7 Å². The number of rotatable bonds is 6. The SMILES string of the molecule is CC(C)N(CC1CC1)C(CN)c1cc(Cl)ccc1Br. The summed E-state index contributed by atoms with van der Waals surface area (Å²) >= 11 is 9.77. The quantitative estimate of drug-likeness (QED) is 0.836. The molecule has 1 aromatic rings. The zero-order valence-electron chi connectivity index (χ0n) is 11.6. The molecule has 1 unspecified atom stereocenters. The Kier molecular flexibility index (Phi) is 5.29. The van der Waals surface area contributed by atoms with Crippen LogP contribution in [0.5, 0.6) is 0 Å². The van der Waals surface area contributed by atoms with Crippen LogP contribution in [0.15, 0.2) is 22.7 Å². The first-order chi connectivity index (χ1) is 9.02. The van der Waals surface area contributed by atoms with Crippen molar-refractivity contribution in [2.24, 2.45) is 11.7 Å². The van der Waals surface area contributed by atoms with Crippen LogP contribution < -0.4 is 5.73 Å². The Hall–Kier alpha value is -0.0900. The maximum absolute atomic E-state index is 6.14. The highest BCUT2D eigenvalue weighted by Gasteiger charge is 2.30. The average Bonchev–Trinajstić information content (AvgIpc) is 3.17. The maximum atomic E-state index is 6.14. The van der Waals surface area contributed by atoms with Gasteiger partial charge in [0, 0.05) is 34.7 Å². The van der Waals surface area contributed by atoms with Crippen LogP contribution in [0.1, 0.15) is 38.3 Å². The Morgan fingerprint density at radius 3 is 2.63 bits per heavy atom. The van der Waals surface area contributed by atoms with Gasteiger partial charge in [-0.25, -0.2) is 0 Å². The number of halogens is 2. The van der Waals surface area contributed by atoms with Crippen molar-refractivity contribution >= 4 is 27.5 Å². The van der Waals surface area contributed by atoms with Gasteiger partial charge in [-0.05, 0) is 56.4 Å². The van der Waals surface area contributed by atoms with E-state index >= 15 is 0 Å². The van der Waals surface area contributed by atoms with E-state index in [0.717, 1.165) is 22.0 Å². The van der Waals surface area contributed by atoms with Gasteiger partial charge in [-0.1, -0.05) is 27.5 Å². The highest BCUT2D eigenvalue weighted by Crippen LogP contribution is 2.36. The van der Waals surface area contributed by atoms with Crippen molar-refractivity contribution in [1.29, 1.82) is 0 Å². The van der Waals surface area contributed by atoms with Gasteiger partial charge in [0.2, 0.25) is 0 Å². The van der Waals surface area contributed by atoms with E-state index in [1.807, 2.05) is 18.2 Å². The van der Waals surface area contributed by atoms with Crippen molar-refractivity contribution in [1.82, 2.24) is 4.90 Å². The maximum Gasteiger partial charge on any atom is 0.0484 e. The van der Waals surface area contributed by atoms with Gasteiger partial charge in [0.1, 0.15) is 0 Å². The average molecular weight is 346 g/mol. The van der Waals surface area contributed by atoms with Crippen LogP contribution >= 0.6 is 27.5 Å². The minimum Gasteiger partial charge on any atom is -0.329 e. The second-order valence-corrected chi connectivity index (χ2v) is 6.94. The lowest BCUT2D eigenvalue weighted by Gasteiger charge is -2.35. The summed E-state index contributed by atoms with van der Waals surface area (Å²) in [4.78, 5) is 2.51. The molecule has 0 radical (unpaired) electrons. The third kappa shape index (κ3) is 3.94. The molecule has 1 aromatic carbocycles. The molecule has 2 nitrogen and oxygen atoms in total. The van der Waals surface area contributed by atoms with E-state index in [1.54, 1.807) is 0 Å². The zero-order chi connectivity index (χ0) is 14.0. The van der Waals surface area contributed by atoms with Crippen molar-refractivity contribution in [2.45, 2.75) is 38.8 Å². The van der Waals surface area contributed by atoms with Crippen molar-refractivity contribution in [2.75, 3.05) is 13.1 Å². The Morgan fingerprint density at radius 2 is 2.11 bits per heavy atom. The fourth-order valence-corrected chi connectivity index (χ4v) is 3.20. The predicted molar refractivity (Wildman–Crippen MR) is 85.5 cm³/mol. The van der Waals surface area contributed by atoms with Gasteiger partial charge in [-0.15, -0.1) is 0 Å². The summed E-state index contributed by atoms with van der Waals surface area (Å²) in [7, 11) is 0. The highest BCUT2D eigenvalue weighted by molar-refractivity contribution is 9.10. The van der Waals surface area contributed by atoms with E-state index in [-0.39, 0.29) is 6.04 Å². The molecule has 2 N–H and O–H groups in total. The summed E-state index contributed by atoms with van der Waals surface area (Å²) in [5.74, 6) is 0.856. The monoisotopic (exact) mass is 344 g/mol. The highest BCUT2D eigenvalue weighted by atomic mass is 79.9. The number of hydrogen-bond acceptors (Lipinski definition) is 2. The molecule has 1 aliphatic rings. The van der Waals surface area contributed by atoms with Crippen LogP contribution in [-0.4, -0.2) is 24.0 Å². The largest absolute Gasteiger partial charge is 0.329 e. The molecule has 0 aromatic heterocycles. The van der Waals surface area contributed by atoms with E-state index < -0.39 is 0 Å². The fourth-order valence-electron chi connectivity index (χ4n) is 2.51. The standard InChI is InChI=1S/C15H22BrClN2/c1-10(2)19(9-11-3-4-11)15(8-18)13-7-12(17)5-6-14(13)16/h5-7,10-11,15H,3-4,8-9,18H2,1-2H3. The van der Waals surface area contributed by atoms with Crippen LogP contribution in [-0.2, 0) is 0 Å². The van der Waals surface area contributed by atoms with Gasteiger partial charge >= 0.3 is 0 Å². The molecule has 1 atom stereocenters. The van der Waals surface area contributed by atoms with E-state index in [9.17, 15) is 0 Å². The van der Waals surface area contributed by atoms with Crippen molar-refractivity contribution in [3.8, 4) is 0 Å². The van der Waals surface area contributed by atoms with Crippen molar-refractivity contribution in [3.05, 3.63) is 33.3 Å². The molecule has 4 heteroatoms. The molecule has 1 fully saturated rings. The van der Waals surface area contributed by atoms with Gasteiger partial charge in [0.05, 0.1) is 0 Å². The molecule has 0 saturated heterocycles. The molecule has 0 heterocycles. The van der Waals surface area contributed by atoms with E-state index in [4.69, 9.17) is 17.3 Å². The second-order valence-electron chi connectivity index (χ2n) is 5.65. The minimum atomic E-state index is 0.230. The Labute approximate surface area is 129 Å². The van der Waals surface area contributed by atoms with Crippen LogP contribution in [0.4, 0.5) is 0 Å². The summed E-state index contributed by atoms with van der Waals surface area (Å²) in [6.07, 6.45) is 2.72. The normalized spacial score (nSPS) is 17.2. The topological polar surface area (TPSA) is 29.3 Å². The summed E-state index contributed by atoms with van der Waals surface area (Å²) < 4.78 is 1.09. The van der Waals surface area contributed by atoms with Crippen LogP contribution in [0.2, 0.25) is 5.02 Å². The van der Waals surface area contributed by atoms with E-state index in [1.165, 1.54) is 18.4 Å². The number of nitrogens with two attached hydrogens (primary N) is 1. The first kappa shape index (κ1) is 15.3. The minimum absolute atomic E-state index is 0.230. The fraction of sp³-hybridized carbons (Fsp3) is 0.600. The molecule has 1 saturated carbocycles. The van der Waals surface area contributed by atoms with Crippen LogP contribution in [0.3, 0.4) is 0 Å². The first-order valence-electron chi connectivity index (χ1n) is 6.93. The van der Waals surface area contributed by atoms with Crippen LogP contribution in [0.25, 0.3) is 0 Å². The Morgan fingerprint density at radius 1 is 1.42 bits per heavy atom. The zero-order valence-corrected chi connectivity index (χ0v) is 13.9. The molecule has 0 bridgehead atoms. The number of benzene rings is 1. The molecule has 19 heavy (non-hydrogen) atoms. The third-order valence-corrected chi connectivity index (χ3v) is 4.73. The van der Waals surface area contributed by atoms with Crippen molar-refractivity contribution in [3.63, 3.8) is 0 Å². The molecule has 0 amide bonds. The summed E-state index contributed by atoms with van der Waals surface area (Å²) in [6, 6.07) is 6.67. The third-order valence-electron chi connectivity index (χ3n) is 3.77. The first-order valence-corrected chi connectivity index (χ1v) is 8.10. The van der Waals surface area contributed by atoms with E-state index in [0.29, 0.717) is 12.6 Å². The van der Waals surface area contributed by atoms with Gasteiger partial charge in [-0.2, -0.15) is 0 Å². The summed E-state index contributed by atoms with van der Waals surface area (Å²) in [5.41, 5.74) is 7.25. The summed E-state index contributed by atoms with van der Waals surface area (Å²) in [6.45, 7) is 6.23. The molecule has 0 aliphatic heterocycles. The number of nitrogens with zero attached hydrogens (tertiary/aromatic N) is 1. The molecule has 1 aliphatic carbocycles. The number of hydrogen-bond donors (Lipinski definition) is 1. The Balaban J connectivity index is 2.26. The van der Waals surface area contributed by atoms with Gasteiger partial charge < -0.3 is 5.73 Å². The molecule has 106 valence electrons. The molecule has 0 spiro atoms. The lowest BCUT2D eigenvalue weighted by Crippen LogP contribution is -2.40. The molecular formula is C15H22BrClN2. The summed E-state index contributed by atoms with van der Waals surface area (Å²) in [5, 5.41) is 0.770.